The summed E-state index contributed by atoms with van der Waals surface area (Å²) in [4.78, 5) is 22.6. The summed E-state index contributed by atoms with van der Waals surface area (Å²) in [5.41, 5.74) is 2.61. The number of nitrogens with zero attached hydrogens (tertiary/aromatic N) is 1. The summed E-state index contributed by atoms with van der Waals surface area (Å²) in [5.74, 6) is 5.03. The molecule has 0 spiro atoms. The van der Waals surface area contributed by atoms with Crippen molar-refractivity contribution >= 4 is 17.3 Å². The van der Waals surface area contributed by atoms with Crippen LogP contribution in [0, 0.1) is 21.4 Å². The smallest absolute Gasteiger partial charge is 0.282 e. The van der Waals surface area contributed by atoms with Gasteiger partial charge in [0.15, 0.2) is 0 Å². The summed E-state index contributed by atoms with van der Waals surface area (Å²) in [6.07, 6.45) is 0. The second kappa shape index (κ2) is 6.53. The van der Waals surface area contributed by atoms with E-state index in [1.807, 2.05) is 6.92 Å². The van der Waals surface area contributed by atoms with Gasteiger partial charge in [-0.25, -0.2) is 0 Å². The molecule has 4 N–H and O–H groups in total. The third kappa shape index (κ3) is 4.42. The van der Waals surface area contributed by atoms with Crippen molar-refractivity contribution < 1.29 is 9.72 Å². The summed E-state index contributed by atoms with van der Waals surface area (Å²) >= 11 is 0. The van der Waals surface area contributed by atoms with Crippen molar-refractivity contribution in [3.05, 3.63) is 33.9 Å². The molecule has 7 nitrogen and oxygen atoms in total. The highest BCUT2D eigenvalue weighted by Gasteiger charge is 2.24. The van der Waals surface area contributed by atoms with Gasteiger partial charge in [-0.2, -0.15) is 0 Å². The van der Waals surface area contributed by atoms with Gasteiger partial charge in [0.05, 0.1) is 4.92 Å². The van der Waals surface area contributed by atoms with Crippen molar-refractivity contribution in [2.24, 2.45) is 17.2 Å². The van der Waals surface area contributed by atoms with Crippen molar-refractivity contribution in [3.8, 4) is 0 Å². The SMILES string of the molecule is CC(CNC(=O)c1cc(NN)ccc1[N+](=O)[O-])C(C)(C)C. The molecular formula is C14H22N4O3. The number of hydrazine groups is 1. The summed E-state index contributed by atoms with van der Waals surface area (Å²) in [6.45, 7) is 8.69. The van der Waals surface area contributed by atoms with Gasteiger partial charge < -0.3 is 10.7 Å². The largest absolute Gasteiger partial charge is 0.352 e. The van der Waals surface area contributed by atoms with E-state index in [9.17, 15) is 14.9 Å². The number of nitro benzene ring substituents is 1. The summed E-state index contributed by atoms with van der Waals surface area (Å²) in [7, 11) is 0. The number of carbonyl (C=O) groups excluding carboxylic acids is 1. The molecule has 0 saturated carbocycles. The van der Waals surface area contributed by atoms with Gasteiger partial charge in [-0.05, 0) is 23.5 Å². The molecule has 1 atom stereocenters. The first-order valence-corrected chi connectivity index (χ1v) is 6.70. The Hall–Kier alpha value is -2.15. The van der Waals surface area contributed by atoms with Crippen LogP contribution < -0.4 is 16.6 Å². The first-order chi connectivity index (χ1) is 9.66. The zero-order chi connectivity index (χ0) is 16.2. The maximum atomic E-state index is 12.2. The third-order valence-corrected chi connectivity index (χ3v) is 3.65. The molecule has 0 aliphatic heterocycles. The van der Waals surface area contributed by atoms with Crippen LogP contribution in [0.3, 0.4) is 0 Å². The first-order valence-electron chi connectivity index (χ1n) is 6.70. The predicted molar refractivity (Wildman–Crippen MR) is 81.9 cm³/mol. The predicted octanol–water partition coefficient (Wildman–Crippen LogP) is 2.29. The maximum Gasteiger partial charge on any atom is 0.282 e. The van der Waals surface area contributed by atoms with Gasteiger partial charge >= 0.3 is 0 Å². The monoisotopic (exact) mass is 294 g/mol. The molecule has 0 radical (unpaired) electrons. The van der Waals surface area contributed by atoms with E-state index in [2.05, 4.69) is 31.5 Å². The van der Waals surface area contributed by atoms with Gasteiger partial charge in [-0.1, -0.05) is 27.7 Å². The number of anilines is 1. The molecule has 1 rings (SSSR count). The molecule has 1 aromatic carbocycles. The number of amides is 1. The Morgan fingerprint density at radius 2 is 2.05 bits per heavy atom. The van der Waals surface area contributed by atoms with E-state index < -0.39 is 10.8 Å². The highest BCUT2D eigenvalue weighted by molar-refractivity contribution is 5.99. The second-order valence-electron chi connectivity index (χ2n) is 6.11. The zero-order valence-electron chi connectivity index (χ0n) is 12.8. The van der Waals surface area contributed by atoms with E-state index in [-0.39, 0.29) is 22.6 Å². The molecule has 116 valence electrons. The Labute approximate surface area is 124 Å². The molecule has 1 unspecified atom stereocenters. The molecule has 0 saturated heterocycles. The number of rotatable bonds is 5. The minimum atomic E-state index is -0.581. The molecular weight excluding hydrogens is 272 g/mol. The van der Waals surface area contributed by atoms with Gasteiger partial charge in [0.1, 0.15) is 5.56 Å². The molecule has 0 aliphatic carbocycles. The van der Waals surface area contributed by atoms with Crippen LogP contribution in [0.25, 0.3) is 0 Å². The number of hydrogen-bond acceptors (Lipinski definition) is 5. The average Bonchev–Trinajstić information content (AvgIpc) is 2.42. The maximum absolute atomic E-state index is 12.2. The van der Waals surface area contributed by atoms with Gasteiger partial charge in [-0.15, -0.1) is 0 Å². The summed E-state index contributed by atoms with van der Waals surface area (Å²) in [6, 6.07) is 4.08. The lowest BCUT2D eigenvalue weighted by Crippen LogP contribution is -2.34. The van der Waals surface area contributed by atoms with Crippen LogP contribution >= 0.6 is 0 Å². The quantitative estimate of drug-likeness (QED) is 0.438. The van der Waals surface area contributed by atoms with E-state index in [0.717, 1.165) is 0 Å². The topological polar surface area (TPSA) is 110 Å². The van der Waals surface area contributed by atoms with Crippen LogP contribution in [0.15, 0.2) is 18.2 Å². The first kappa shape index (κ1) is 16.9. The van der Waals surface area contributed by atoms with Crippen LogP contribution in [0.2, 0.25) is 0 Å². The normalized spacial score (nSPS) is 12.6. The second-order valence-corrected chi connectivity index (χ2v) is 6.11. The fourth-order valence-electron chi connectivity index (χ4n) is 1.61. The Morgan fingerprint density at radius 1 is 1.43 bits per heavy atom. The lowest BCUT2D eigenvalue weighted by molar-refractivity contribution is -0.385. The molecule has 21 heavy (non-hydrogen) atoms. The van der Waals surface area contributed by atoms with Crippen LogP contribution in [-0.2, 0) is 0 Å². The summed E-state index contributed by atoms with van der Waals surface area (Å²) < 4.78 is 0. The lowest BCUT2D eigenvalue weighted by Gasteiger charge is -2.27. The van der Waals surface area contributed by atoms with Crippen LogP contribution in [0.5, 0.6) is 0 Å². The molecule has 0 aliphatic rings. The van der Waals surface area contributed by atoms with Gasteiger partial charge in [0.25, 0.3) is 11.6 Å². The molecule has 0 heterocycles. The lowest BCUT2D eigenvalue weighted by atomic mass is 9.82. The fourth-order valence-corrected chi connectivity index (χ4v) is 1.61. The number of nitrogen functional groups attached to an aromatic ring is 1. The van der Waals surface area contributed by atoms with E-state index in [4.69, 9.17) is 5.84 Å². The fraction of sp³-hybridized carbons (Fsp3) is 0.500. The van der Waals surface area contributed by atoms with Crippen molar-refractivity contribution in [1.82, 2.24) is 5.32 Å². The van der Waals surface area contributed by atoms with E-state index in [1.165, 1.54) is 18.2 Å². The van der Waals surface area contributed by atoms with Crippen molar-refractivity contribution in [3.63, 3.8) is 0 Å². The molecule has 0 bridgehead atoms. The summed E-state index contributed by atoms with van der Waals surface area (Å²) in [5, 5.41) is 13.7. The van der Waals surface area contributed by atoms with Crippen molar-refractivity contribution in [2.75, 3.05) is 12.0 Å². The van der Waals surface area contributed by atoms with E-state index in [1.54, 1.807) is 0 Å². The Bertz CT molecular complexity index is 538. The molecule has 0 aromatic heterocycles. The molecule has 1 aromatic rings. The van der Waals surface area contributed by atoms with Gasteiger partial charge in [0.2, 0.25) is 0 Å². The molecule has 0 fully saturated rings. The Kier molecular flexibility index (Phi) is 5.26. The van der Waals surface area contributed by atoms with Crippen LogP contribution in [0.1, 0.15) is 38.1 Å². The standard InChI is InChI=1S/C14H22N4O3/c1-9(14(2,3)4)8-16-13(19)11-7-10(17-15)5-6-12(11)18(20)21/h5-7,9,17H,8,15H2,1-4H3,(H,16,19). The van der Waals surface area contributed by atoms with Crippen molar-refractivity contribution in [2.45, 2.75) is 27.7 Å². The van der Waals surface area contributed by atoms with Gasteiger partial charge in [0, 0.05) is 18.3 Å². The number of benzene rings is 1. The number of nitro groups is 1. The average molecular weight is 294 g/mol. The molecule has 7 heteroatoms. The number of carbonyl (C=O) groups is 1. The minimum Gasteiger partial charge on any atom is -0.352 e. The third-order valence-electron chi connectivity index (χ3n) is 3.65. The Morgan fingerprint density at radius 3 is 2.52 bits per heavy atom. The van der Waals surface area contributed by atoms with Gasteiger partial charge in [-0.3, -0.25) is 20.8 Å². The Balaban J connectivity index is 2.93. The minimum absolute atomic E-state index is 0.00319. The zero-order valence-corrected chi connectivity index (χ0v) is 12.8. The number of nitrogens with two attached hydrogens (primary N) is 1. The highest BCUT2D eigenvalue weighted by atomic mass is 16.6. The van der Waals surface area contributed by atoms with Crippen LogP contribution in [-0.4, -0.2) is 17.4 Å². The van der Waals surface area contributed by atoms with Crippen LogP contribution in [0.4, 0.5) is 11.4 Å². The van der Waals surface area contributed by atoms with Crippen molar-refractivity contribution in [1.29, 1.82) is 0 Å². The highest BCUT2D eigenvalue weighted by Crippen LogP contribution is 2.25. The number of hydrogen-bond donors (Lipinski definition) is 3. The van der Waals surface area contributed by atoms with E-state index >= 15 is 0 Å². The molecule has 1 amide bonds. The van der Waals surface area contributed by atoms with E-state index in [0.29, 0.717) is 12.2 Å². The number of nitrogens with one attached hydrogen (secondary N) is 2.